The molecule has 0 spiro atoms. The second-order valence-electron chi connectivity index (χ2n) is 3.55. The Kier molecular flexibility index (Phi) is 4.16. The van der Waals surface area contributed by atoms with E-state index in [0.717, 1.165) is 24.2 Å². The van der Waals surface area contributed by atoms with Gasteiger partial charge in [-0.05, 0) is 31.0 Å². The second kappa shape index (κ2) is 5.39. The van der Waals surface area contributed by atoms with Crippen LogP contribution in [-0.4, -0.2) is 12.5 Å². The van der Waals surface area contributed by atoms with Gasteiger partial charge >= 0.3 is 0 Å². The average Bonchev–Trinajstić information content (AvgIpc) is 2.20. The van der Waals surface area contributed by atoms with Crippen molar-refractivity contribution in [3.8, 4) is 5.75 Å². The lowest BCUT2D eigenvalue weighted by atomic mass is 10.1. The highest BCUT2D eigenvalue weighted by Gasteiger charge is 2.05. The Hall–Kier alpha value is -1.51. The van der Waals surface area contributed by atoms with Crippen LogP contribution in [0, 0.1) is 6.92 Å². The molecule has 0 fully saturated rings. The van der Waals surface area contributed by atoms with Gasteiger partial charge in [0.05, 0.1) is 6.61 Å². The van der Waals surface area contributed by atoms with E-state index < -0.39 is 5.91 Å². The van der Waals surface area contributed by atoms with E-state index in [4.69, 9.17) is 10.5 Å². The predicted molar refractivity (Wildman–Crippen MR) is 60.1 cm³/mol. The maximum atomic E-state index is 11.0. The van der Waals surface area contributed by atoms with Crippen LogP contribution in [0.15, 0.2) is 18.2 Å². The molecule has 0 aromatic heterocycles. The van der Waals surface area contributed by atoms with Crippen molar-refractivity contribution in [1.82, 2.24) is 0 Å². The molecule has 0 saturated heterocycles. The molecule has 3 heteroatoms. The zero-order valence-electron chi connectivity index (χ0n) is 9.25. The van der Waals surface area contributed by atoms with Crippen molar-refractivity contribution in [1.29, 1.82) is 0 Å². The summed E-state index contributed by atoms with van der Waals surface area (Å²) >= 11 is 0. The Bertz CT molecular complexity index is 347. The molecule has 3 nitrogen and oxygen atoms in total. The number of carbonyl (C=O) groups is 1. The first-order chi connectivity index (χ1) is 7.15. The van der Waals surface area contributed by atoms with Gasteiger partial charge in [-0.15, -0.1) is 0 Å². The van der Waals surface area contributed by atoms with Crippen LogP contribution in [-0.2, 0) is 0 Å². The van der Waals surface area contributed by atoms with Crippen molar-refractivity contribution in [2.24, 2.45) is 5.73 Å². The molecule has 0 unspecified atom stereocenters. The fourth-order valence-corrected chi connectivity index (χ4v) is 1.24. The van der Waals surface area contributed by atoms with Gasteiger partial charge in [0, 0.05) is 5.56 Å². The molecule has 0 heterocycles. The number of primary amides is 1. The van der Waals surface area contributed by atoms with E-state index >= 15 is 0 Å². The lowest BCUT2D eigenvalue weighted by Crippen LogP contribution is -2.11. The zero-order chi connectivity index (χ0) is 11.3. The molecule has 0 bridgehead atoms. The highest BCUT2D eigenvalue weighted by Crippen LogP contribution is 2.19. The molecule has 1 rings (SSSR count). The molecular weight excluding hydrogens is 190 g/mol. The van der Waals surface area contributed by atoms with Gasteiger partial charge < -0.3 is 10.5 Å². The van der Waals surface area contributed by atoms with Gasteiger partial charge in [0.2, 0.25) is 5.91 Å². The number of hydrogen-bond donors (Lipinski definition) is 1. The number of aryl methyl sites for hydroxylation is 1. The fourth-order valence-electron chi connectivity index (χ4n) is 1.24. The maximum absolute atomic E-state index is 11.0. The largest absolute Gasteiger partial charge is 0.493 e. The molecule has 0 atom stereocenters. The Labute approximate surface area is 90.2 Å². The second-order valence-corrected chi connectivity index (χ2v) is 3.55. The third-order valence-electron chi connectivity index (χ3n) is 2.23. The third kappa shape index (κ3) is 3.27. The minimum atomic E-state index is -0.421. The molecule has 1 aromatic rings. The molecule has 0 aliphatic rings. The summed E-state index contributed by atoms with van der Waals surface area (Å²) in [7, 11) is 0. The monoisotopic (exact) mass is 207 g/mol. The van der Waals surface area contributed by atoms with E-state index in [1.54, 1.807) is 12.1 Å². The molecular formula is C12H17NO2. The topological polar surface area (TPSA) is 52.3 Å². The van der Waals surface area contributed by atoms with Gasteiger partial charge in [-0.1, -0.05) is 19.4 Å². The van der Waals surface area contributed by atoms with Gasteiger partial charge in [-0.25, -0.2) is 0 Å². The molecule has 0 saturated carbocycles. The lowest BCUT2D eigenvalue weighted by molar-refractivity contribution is 0.1000. The standard InChI is InChI=1S/C12H17NO2/c1-3-4-7-15-11-8-10(12(13)14)6-5-9(11)2/h5-6,8H,3-4,7H2,1-2H3,(H2,13,14). The maximum Gasteiger partial charge on any atom is 0.248 e. The van der Waals surface area contributed by atoms with Crippen molar-refractivity contribution in [3.63, 3.8) is 0 Å². The van der Waals surface area contributed by atoms with E-state index in [1.165, 1.54) is 0 Å². The normalized spacial score (nSPS) is 10.0. The van der Waals surface area contributed by atoms with Crippen LogP contribution in [0.25, 0.3) is 0 Å². The van der Waals surface area contributed by atoms with Crippen molar-refractivity contribution in [2.45, 2.75) is 26.7 Å². The van der Waals surface area contributed by atoms with Crippen LogP contribution in [0.4, 0.5) is 0 Å². The Morgan fingerprint density at radius 1 is 1.47 bits per heavy atom. The smallest absolute Gasteiger partial charge is 0.248 e. The first-order valence-electron chi connectivity index (χ1n) is 5.18. The van der Waals surface area contributed by atoms with Crippen molar-refractivity contribution < 1.29 is 9.53 Å². The fraction of sp³-hybridized carbons (Fsp3) is 0.417. The minimum absolute atomic E-state index is 0.421. The molecule has 0 radical (unpaired) electrons. The Morgan fingerprint density at radius 3 is 2.80 bits per heavy atom. The van der Waals surface area contributed by atoms with Crippen molar-refractivity contribution in [3.05, 3.63) is 29.3 Å². The van der Waals surface area contributed by atoms with Gasteiger partial charge in [0.25, 0.3) is 0 Å². The third-order valence-corrected chi connectivity index (χ3v) is 2.23. The van der Waals surface area contributed by atoms with Gasteiger partial charge in [-0.3, -0.25) is 4.79 Å². The SMILES string of the molecule is CCCCOc1cc(C(N)=O)ccc1C. The average molecular weight is 207 g/mol. The number of hydrogen-bond acceptors (Lipinski definition) is 2. The molecule has 0 aliphatic heterocycles. The quantitative estimate of drug-likeness (QED) is 0.753. The molecule has 1 amide bonds. The summed E-state index contributed by atoms with van der Waals surface area (Å²) in [5.41, 5.74) is 6.71. The number of carbonyl (C=O) groups excluding carboxylic acids is 1. The number of amides is 1. The predicted octanol–water partition coefficient (Wildman–Crippen LogP) is 2.27. The first kappa shape index (κ1) is 11.6. The number of ether oxygens (including phenoxy) is 1. The summed E-state index contributed by atoms with van der Waals surface area (Å²) in [5.74, 6) is 0.329. The van der Waals surface area contributed by atoms with Gasteiger partial charge in [0.15, 0.2) is 0 Å². The Balaban J connectivity index is 2.76. The highest BCUT2D eigenvalue weighted by atomic mass is 16.5. The summed E-state index contributed by atoms with van der Waals surface area (Å²) in [6.45, 7) is 4.74. The van der Waals surface area contributed by atoms with Crippen LogP contribution >= 0.6 is 0 Å². The number of rotatable bonds is 5. The van der Waals surface area contributed by atoms with E-state index in [0.29, 0.717) is 12.2 Å². The molecule has 2 N–H and O–H groups in total. The zero-order valence-corrected chi connectivity index (χ0v) is 9.25. The first-order valence-corrected chi connectivity index (χ1v) is 5.18. The Morgan fingerprint density at radius 2 is 2.20 bits per heavy atom. The van der Waals surface area contributed by atoms with Gasteiger partial charge in [0.1, 0.15) is 5.75 Å². The summed E-state index contributed by atoms with van der Waals surface area (Å²) in [4.78, 5) is 11.0. The molecule has 15 heavy (non-hydrogen) atoms. The van der Waals surface area contributed by atoms with E-state index in [1.807, 2.05) is 13.0 Å². The van der Waals surface area contributed by atoms with Crippen LogP contribution in [0.2, 0.25) is 0 Å². The van der Waals surface area contributed by atoms with Gasteiger partial charge in [-0.2, -0.15) is 0 Å². The van der Waals surface area contributed by atoms with Crippen molar-refractivity contribution >= 4 is 5.91 Å². The number of unbranched alkanes of at least 4 members (excludes halogenated alkanes) is 1. The highest BCUT2D eigenvalue weighted by molar-refractivity contribution is 5.93. The van der Waals surface area contributed by atoms with Crippen LogP contribution in [0.1, 0.15) is 35.7 Å². The summed E-state index contributed by atoms with van der Waals surface area (Å²) < 4.78 is 5.56. The molecule has 1 aromatic carbocycles. The summed E-state index contributed by atoms with van der Waals surface area (Å²) in [5, 5.41) is 0. The van der Waals surface area contributed by atoms with Crippen LogP contribution < -0.4 is 10.5 Å². The van der Waals surface area contributed by atoms with Crippen molar-refractivity contribution in [2.75, 3.05) is 6.61 Å². The molecule has 82 valence electrons. The van der Waals surface area contributed by atoms with E-state index in [2.05, 4.69) is 6.92 Å². The van der Waals surface area contributed by atoms with E-state index in [-0.39, 0.29) is 0 Å². The van der Waals surface area contributed by atoms with Crippen LogP contribution in [0.5, 0.6) is 5.75 Å². The van der Waals surface area contributed by atoms with Crippen LogP contribution in [0.3, 0.4) is 0 Å². The number of benzene rings is 1. The summed E-state index contributed by atoms with van der Waals surface area (Å²) in [6.07, 6.45) is 2.11. The lowest BCUT2D eigenvalue weighted by Gasteiger charge is -2.09. The van der Waals surface area contributed by atoms with E-state index in [9.17, 15) is 4.79 Å². The number of nitrogens with two attached hydrogens (primary N) is 1. The summed E-state index contributed by atoms with van der Waals surface area (Å²) in [6, 6.07) is 5.26. The minimum Gasteiger partial charge on any atom is -0.493 e. The molecule has 0 aliphatic carbocycles.